The molecular formula is C16H15NO4. The standard InChI is InChI=1S/C16H15NO4/c1-10-8-15(18)11(2)7-14(10)17-21-16(19)12-5-4-6-13(9-12)20-3/h4-9H,1-3H3. The number of benzene rings is 1. The van der Waals surface area contributed by atoms with Crippen LogP contribution in [0.1, 0.15) is 24.2 Å². The molecule has 0 amide bonds. The largest absolute Gasteiger partial charge is 0.497 e. The van der Waals surface area contributed by atoms with Crippen molar-refractivity contribution in [2.45, 2.75) is 13.8 Å². The summed E-state index contributed by atoms with van der Waals surface area (Å²) in [7, 11) is 1.52. The lowest BCUT2D eigenvalue weighted by atomic mass is 9.99. The molecule has 0 saturated carbocycles. The zero-order chi connectivity index (χ0) is 15.4. The van der Waals surface area contributed by atoms with Crippen molar-refractivity contribution < 1.29 is 19.2 Å². The van der Waals surface area contributed by atoms with Crippen LogP contribution in [-0.4, -0.2) is 24.6 Å². The van der Waals surface area contributed by atoms with Crippen molar-refractivity contribution in [1.29, 1.82) is 0 Å². The van der Waals surface area contributed by atoms with E-state index in [1.165, 1.54) is 13.2 Å². The second-order valence-corrected chi connectivity index (χ2v) is 4.61. The molecule has 1 aromatic carbocycles. The summed E-state index contributed by atoms with van der Waals surface area (Å²) in [4.78, 5) is 28.3. The molecule has 0 heterocycles. The first-order chi connectivity index (χ1) is 10.0. The van der Waals surface area contributed by atoms with E-state index in [0.29, 0.717) is 28.2 Å². The number of carbonyl (C=O) groups is 2. The smallest absolute Gasteiger partial charge is 0.365 e. The van der Waals surface area contributed by atoms with Gasteiger partial charge in [0.25, 0.3) is 0 Å². The first kappa shape index (κ1) is 14.7. The number of methoxy groups -OCH3 is 1. The molecule has 21 heavy (non-hydrogen) atoms. The molecule has 108 valence electrons. The average molecular weight is 285 g/mol. The summed E-state index contributed by atoms with van der Waals surface area (Å²) in [5.74, 6) is -0.0880. The van der Waals surface area contributed by atoms with Crippen molar-refractivity contribution in [2.75, 3.05) is 7.11 Å². The first-order valence-electron chi connectivity index (χ1n) is 6.36. The summed E-state index contributed by atoms with van der Waals surface area (Å²) in [6.07, 6.45) is 3.06. The maximum absolute atomic E-state index is 11.9. The molecule has 0 aliphatic heterocycles. The maximum atomic E-state index is 11.9. The minimum Gasteiger partial charge on any atom is -0.497 e. The van der Waals surface area contributed by atoms with E-state index in [0.717, 1.165) is 0 Å². The molecule has 1 aliphatic carbocycles. The molecule has 0 atom stereocenters. The van der Waals surface area contributed by atoms with Crippen molar-refractivity contribution in [2.24, 2.45) is 5.16 Å². The number of ether oxygens (including phenoxy) is 1. The molecule has 0 bridgehead atoms. The van der Waals surface area contributed by atoms with Crippen LogP contribution in [0.25, 0.3) is 0 Å². The Labute approximate surface area is 122 Å². The minimum atomic E-state index is -0.586. The molecule has 0 spiro atoms. The lowest BCUT2D eigenvalue weighted by Gasteiger charge is -2.08. The number of ketones is 1. The summed E-state index contributed by atoms with van der Waals surface area (Å²) in [5, 5.41) is 3.81. The van der Waals surface area contributed by atoms with E-state index in [-0.39, 0.29) is 5.78 Å². The van der Waals surface area contributed by atoms with Crippen LogP contribution in [0.2, 0.25) is 0 Å². The topological polar surface area (TPSA) is 65.0 Å². The molecule has 0 unspecified atom stereocenters. The molecule has 0 saturated heterocycles. The number of allylic oxidation sites excluding steroid dienone is 4. The third kappa shape index (κ3) is 3.45. The first-order valence-corrected chi connectivity index (χ1v) is 6.36. The van der Waals surface area contributed by atoms with E-state index in [2.05, 4.69) is 5.16 Å². The fourth-order valence-corrected chi connectivity index (χ4v) is 1.77. The van der Waals surface area contributed by atoms with E-state index in [1.807, 2.05) is 0 Å². The third-order valence-corrected chi connectivity index (χ3v) is 3.03. The van der Waals surface area contributed by atoms with Crippen molar-refractivity contribution >= 4 is 17.5 Å². The van der Waals surface area contributed by atoms with Crippen LogP contribution in [0.15, 0.2) is 52.7 Å². The Morgan fingerprint density at radius 1 is 1.14 bits per heavy atom. The highest BCUT2D eigenvalue weighted by atomic mass is 16.7. The fourth-order valence-electron chi connectivity index (χ4n) is 1.77. The molecular weight excluding hydrogens is 270 g/mol. The van der Waals surface area contributed by atoms with Gasteiger partial charge in [-0.2, -0.15) is 0 Å². The quantitative estimate of drug-likeness (QED) is 0.486. The number of hydrogen-bond donors (Lipinski definition) is 0. The van der Waals surface area contributed by atoms with Crippen LogP contribution in [0.5, 0.6) is 5.75 Å². The minimum absolute atomic E-state index is 0.0643. The Morgan fingerprint density at radius 2 is 1.90 bits per heavy atom. The van der Waals surface area contributed by atoms with Gasteiger partial charge in [0.1, 0.15) is 11.5 Å². The average Bonchev–Trinajstić information content (AvgIpc) is 2.49. The van der Waals surface area contributed by atoms with Gasteiger partial charge in [0, 0.05) is 0 Å². The van der Waals surface area contributed by atoms with Crippen LogP contribution in [0, 0.1) is 0 Å². The molecule has 0 N–H and O–H groups in total. The van der Waals surface area contributed by atoms with Gasteiger partial charge in [-0.05, 0) is 55.3 Å². The molecule has 1 aliphatic rings. The zero-order valence-electron chi connectivity index (χ0n) is 12.0. The summed E-state index contributed by atoms with van der Waals surface area (Å²) in [6.45, 7) is 3.42. The Bertz CT molecular complexity index is 683. The van der Waals surface area contributed by atoms with E-state index in [4.69, 9.17) is 9.57 Å². The van der Waals surface area contributed by atoms with Crippen molar-refractivity contribution in [3.8, 4) is 5.75 Å². The second kappa shape index (κ2) is 6.17. The number of oxime groups is 1. The molecule has 5 nitrogen and oxygen atoms in total. The van der Waals surface area contributed by atoms with Gasteiger partial charge in [0.2, 0.25) is 0 Å². The normalized spacial score (nSPS) is 16.3. The highest BCUT2D eigenvalue weighted by Gasteiger charge is 2.14. The van der Waals surface area contributed by atoms with Gasteiger partial charge in [-0.1, -0.05) is 11.2 Å². The Balaban J connectivity index is 2.15. The summed E-state index contributed by atoms with van der Waals surface area (Å²) in [5.41, 5.74) is 2.01. The highest BCUT2D eigenvalue weighted by molar-refractivity contribution is 6.21. The monoisotopic (exact) mass is 285 g/mol. The van der Waals surface area contributed by atoms with Crippen LogP contribution >= 0.6 is 0 Å². The lowest BCUT2D eigenvalue weighted by molar-refractivity contribution is -0.111. The van der Waals surface area contributed by atoms with Gasteiger partial charge in [-0.25, -0.2) is 4.79 Å². The molecule has 2 rings (SSSR count). The zero-order valence-corrected chi connectivity index (χ0v) is 12.0. The molecule has 1 aromatic rings. The Morgan fingerprint density at radius 3 is 2.62 bits per heavy atom. The van der Waals surface area contributed by atoms with E-state index in [9.17, 15) is 9.59 Å². The number of rotatable bonds is 3. The molecule has 0 radical (unpaired) electrons. The molecule has 5 heteroatoms. The van der Waals surface area contributed by atoms with E-state index >= 15 is 0 Å². The SMILES string of the molecule is COc1cccc(C(=O)ON=C2C=C(C)C(=O)C=C2C)c1. The molecule has 0 aromatic heterocycles. The van der Waals surface area contributed by atoms with Crippen molar-refractivity contribution in [1.82, 2.24) is 0 Å². The second-order valence-electron chi connectivity index (χ2n) is 4.61. The van der Waals surface area contributed by atoms with E-state index in [1.54, 1.807) is 44.2 Å². The Hall–Kier alpha value is -2.69. The Kier molecular flexibility index (Phi) is 4.33. The third-order valence-electron chi connectivity index (χ3n) is 3.03. The maximum Gasteiger partial charge on any atom is 0.365 e. The van der Waals surface area contributed by atoms with Crippen molar-refractivity contribution in [3.63, 3.8) is 0 Å². The summed E-state index contributed by atoms with van der Waals surface area (Å²) < 4.78 is 5.04. The van der Waals surface area contributed by atoms with Gasteiger partial charge in [0.05, 0.1) is 12.7 Å². The predicted octanol–water partition coefficient (Wildman–Crippen LogP) is 2.68. The van der Waals surface area contributed by atoms with Crippen LogP contribution < -0.4 is 4.74 Å². The summed E-state index contributed by atoms with van der Waals surface area (Å²) in [6, 6.07) is 6.60. The number of hydrogen-bond acceptors (Lipinski definition) is 5. The van der Waals surface area contributed by atoms with E-state index < -0.39 is 5.97 Å². The fraction of sp³-hybridized carbons (Fsp3) is 0.188. The van der Waals surface area contributed by atoms with Gasteiger partial charge < -0.3 is 9.57 Å². The van der Waals surface area contributed by atoms with Crippen molar-refractivity contribution in [3.05, 3.63) is 53.1 Å². The lowest BCUT2D eigenvalue weighted by Crippen LogP contribution is -2.11. The molecule has 0 fully saturated rings. The van der Waals surface area contributed by atoms with Gasteiger partial charge in [-0.15, -0.1) is 0 Å². The van der Waals surface area contributed by atoms with Crippen LogP contribution in [0.3, 0.4) is 0 Å². The van der Waals surface area contributed by atoms with Gasteiger partial charge in [0.15, 0.2) is 5.78 Å². The van der Waals surface area contributed by atoms with Gasteiger partial charge in [-0.3, -0.25) is 4.79 Å². The van der Waals surface area contributed by atoms with Gasteiger partial charge >= 0.3 is 5.97 Å². The highest BCUT2D eigenvalue weighted by Crippen LogP contribution is 2.15. The predicted molar refractivity (Wildman–Crippen MR) is 78.4 cm³/mol. The van der Waals surface area contributed by atoms with Crippen LogP contribution in [-0.2, 0) is 9.63 Å². The summed E-state index contributed by atoms with van der Waals surface area (Å²) >= 11 is 0. The number of nitrogens with zero attached hydrogens (tertiary/aromatic N) is 1. The number of carbonyl (C=O) groups excluding carboxylic acids is 2. The van der Waals surface area contributed by atoms with Crippen LogP contribution in [0.4, 0.5) is 0 Å².